The lowest BCUT2D eigenvalue weighted by Gasteiger charge is -2.18. The summed E-state index contributed by atoms with van der Waals surface area (Å²) in [4.78, 5) is 0. The summed E-state index contributed by atoms with van der Waals surface area (Å²) in [6.45, 7) is 0.891. The normalized spacial score (nSPS) is 35.8. The first kappa shape index (κ1) is 9.47. The predicted octanol–water partition coefficient (Wildman–Crippen LogP) is 2.11. The molecule has 0 aliphatic heterocycles. The zero-order valence-corrected chi connectivity index (χ0v) is 8.24. The Morgan fingerprint density at radius 3 is 2.38 bits per heavy atom. The minimum Gasteiger partial charge on any atom is -0.390 e. The topological polar surface area (TPSA) is 29.5 Å². The lowest BCUT2D eigenvalue weighted by molar-refractivity contribution is -0.0314. The number of ether oxygens (including phenoxy) is 1. The van der Waals surface area contributed by atoms with E-state index in [9.17, 15) is 5.11 Å². The van der Waals surface area contributed by atoms with Crippen LogP contribution in [0.15, 0.2) is 0 Å². The minimum atomic E-state index is -0.179. The van der Waals surface area contributed by atoms with Gasteiger partial charge < -0.3 is 9.84 Å². The molecule has 2 aliphatic rings. The Morgan fingerprint density at radius 1 is 1.00 bits per heavy atom. The van der Waals surface area contributed by atoms with E-state index in [2.05, 4.69) is 0 Å². The third-order valence-electron chi connectivity index (χ3n) is 3.44. The molecule has 76 valence electrons. The van der Waals surface area contributed by atoms with Gasteiger partial charge in [-0.15, -0.1) is 0 Å². The van der Waals surface area contributed by atoms with Gasteiger partial charge in [-0.2, -0.15) is 0 Å². The molecule has 2 saturated carbocycles. The van der Waals surface area contributed by atoms with Gasteiger partial charge in [-0.1, -0.05) is 12.8 Å². The molecular formula is C11H20O2. The van der Waals surface area contributed by atoms with Crippen LogP contribution in [0.25, 0.3) is 0 Å². The van der Waals surface area contributed by atoms with Gasteiger partial charge >= 0.3 is 0 Å². The Bertz CT molecular complexity index is 152. The average molecular weight is 184 g/mol. The van der Waals surface area contributed by atoms with Crippen molar-refractivity contribution in [3.63, 3.8) is 0 Å². The Labute approximate surface area is 80.3 Å². The average Bonchev–Trinajstić information content (AvgIpc) is 2.72. The van der Waals surface area contributed by atoms with Crippen LogP contribution in [0.5, 0.6) is 0 Å². The molecule has 0 radical (unpaired) electrons. The third-order valence-corrected chi connectivity index (χ3v) is 3.44. The van der Waals surface area contributed by atoms with Crippen LogP contribution in [0.1, 0.15) is 44.9 Å². The molecule has 0 unspecified atom stereocenters. The molecule has 0 bridgehead atoms. The van der Waals surface area contributed by atoms with Crippen molar-refractivity contribution in [2.45, 2.75) is 57.2 Å². The van der Waals surface area contributed by atoms with Gasteiger partial charge in [0.05, 0.1) is 12.2 Å². The van der Waals surface area contributed by atoms with E-state index < -0.39 is 0 Å². The maximum atomic E-state index is 9.54. The monoisotopic (exact) mass is 184 g/mol. The summed E-state index contributed by atoms with van der Waals surface area (Å²) in [5.41, 5.74) is 0. The van der Waals surface area contributed by atoms with Crippen LogP contribution in [0.2, 0.25) is 0 Å². The zero-order chi connectivity index (χ0) is 9.10. The summed E-state index contributed by atoms with van der Waals surface area (Å²) < 4.78 is 5.75. The molecule has 2 nitrogen and oxygen atoms in total. The molecule has 13 heavy (non-hydrogen) atoms. The molecular weight excluding hydrogens is 164 g/mol. The number of aliphatic hydroxyl groups is 1. The summed E-state index contributed by atoms with van der Waals surface area (Å²) in [6.07, 6.45) is 8.54. The number of rotatable bonds is 3. The van der Waals surface area contributed by atoms with Gasteiger partial charge in [0.1, 0.15) is 0 Å². The van der Waals surface area contributed by atoms with Gasteiger partial charge in [0.25, 0.3) is 0 Å². The number of hydrogen-bond acceptors (Lipinski definition) is 2. The van der Waals surface area contributed by atoms with Crippen LogP contribution in [0.4, 0.5) is 0 Å². The van der Waals surface area contributed by atoms with E-state index in [0.29, 0.717) is 0 Å². The van der Waals surface area contributed by atoms with Crippen molar-refractivity contribution in [1.82, 2.24) is 0 Å². The first-order valence-electron chi connectivity index (χ1n) is 5.66. The van der Waals surface area contributed by atoms with Crippen LogP contribution in [-0.2, 0) is 4.74 Å². The smallest absolute Gasteiger partial charge is 0.0834 e. The van der Waals surface area contributed by atoms with Crippen LogP contribution in [-0.4, -0.2) is 23.9 Å². The lowest BCUT2D eigenvalue weighted by atomic mass is 10.1. The van der Waals surface area contributed by atoms with E-state index in [-0.39, 0.29) is 12.2 Å². The molecule has 2 fully saturated rings. The highest BCUT2D eigenvalue weighted by molar-refractivity contribution is 4.78. The standard InChI is InChI=1S/C11H20O2/c12-10-6-3-7-11(10)13-8-9-4-1-2-5-9/h9-12H,1-8H2/t10-,11-/m1/s1. The predicted molar refractivity (Wildman–Crippen MR) is 51.6 cm³/mol. The van der Waals surface area contributed by atoms with E-state index in [0.717, 1.165) is 31.8 Å². The van der Waals surface area contributed by atoms with E-state index in [4.69, 9.17) is 4.74 Å². The van der Waals surface area contributed by atoms with Crippen molar-refractivity contribution in [3.05, 3.63) is 0 Å². The van der Waals surface area contributed by atoms with Crippen LogP contribution >= 0.6 is 0 Å². The molecule has 0 aromatic carbocycles. The lowest BCUT2D eigenvalue weighted by Crippen LogP contribution is -2.24. The summed E-state index contributed by atoms with van der Waals surface area (Å²) in [7, 11) is 0. The fraction of sp³-hybridized carbons (Fsp3) is 1.00. The Morgan fingerprint density at radius 2 is 1.77 bits per heavy atom. The molecule has 2 rings (SSSR count). The molecule has 0 amide bonds. The first-order valence-corrected chi connectivity index (χ1v) is 5.66. The van der Waals surface area contributed by atoms with Gasteiger partial charge in [-0.05, 0) is 38.0 Å². The second kappa shape index (κ2) is 4.43. The maximum Gasteiger partial charge on any atom is 0.0834 e. The summed E-state index contributed by atoms with van der Waals surface area (Å²) >= 11 is 0. The maximum absolute atomic E-state index is 9.54. The molecule has 0 heterocycles. The quantitative estimate of drug-likeness (QED) is 0.728. The van der Waals surface area contributed by atoms with Crippen molar-refractivity contribution < 1.29 is 9.84 Å². The first-order chi connectivity index (χ1) is 6.36. The molecule has 0 aromatic heterocycles. The Balaban J connectivity index is 1.66. The molecule has 2 aliphatic carbocycles. The van der Waals surface area contributed by atoms with Crippen molar-refractivity contribution >= 4 is 0 Å². The molecule has 1 N–H and O–H groups in total. The van der Waals surface area contributed by atoms with Crippen molar-refractivity contribution in [2.24, 2.45) is 5.92 Å². The van der Waals surface area contributed by atoms with Crippen LogP contribution in [0, 0.1) is 5.92 Å². The highest BCUT2D eigenvalue weighted by Gasteiger charge is 2.27. The minimum absolute atomic E-state index is 0.153. The van der Waals surface area contributed by atoms with E-state index in [1.807, 2.05) is 0 Å². The molecule has 0 saturated heterocycles. The largest absolute Gasteiger partial charge is 0.390 e. The van der Waals surface area contributed by atoms with Gasteiger partial charge in [0.15, 0.2) is 0 Å². The van der Waals surface area contributed by atoms with Crippen molar-refractivity contribution in [3.8, 4) is 0 Å². The second-order valence-corrected chi connectivity index (χ2v) is 4.52. The molecule has 2 heteroatoms. The van der Waals surface area contributed by atoms with Gasteiger partial charge in [0, 0.05) is 6.61 Å². The number of hydrogen-bond donors (Lipinski definition) is 1. The molecule has 0 aromatic rings. The van der Waals surface area contributed by atoms with E-state index in [1.165, 1.54) is 25.7 Å². The van der Waals surface area contributed by atoms with E-state index in [1.54, 1.807) is 0 Å². The van der Waals surface area contributed by atoms with Gasteiger partial charge in [0.2, 0.25) is 0 Å². The Hall–Kier alpha value is -0.0800. The van der Waals surface area contributed by atoms with Crippen LogP contribution in [0.3, 0.4) is 0 Å². The van der Waals surface area contributed by atoms with E-state index >= 15 is 0 Å². The zero-order valence-electron chi connectivity index (χ0n) is 8.24. The number of aliphatic hydroxyl groups excluding tert-OH is 1. The summed E-state index contributed by atoms with van der Waals surface area (Å²) in [5, 5.41) is 9.54. The highest BCUT2D eigenvalue weighted by atomic mass is 16.5. The SMILES string of the molecule is O[C@@H]1CCC[C@H]1OCC1CCCC1. The van der Waals surface area contributed by atoms with Gasteiger partial charge in [-0.3, -0.25) is 0 Å². The fourth-order valence-electron chi connectivity index (χ4n) is 2.54. The third kappa shape index (κ3) is 2.44. The Kier molecular flexibility index (Phi) is 3.23. The molecule has 0 spiro atoms. The summed E-state index contributed by atoms with van der Waals surface area (Å²) in [5.74, 6) is 0.785. The van der Waals surface area contributed by atoms with Gasteiger partial charge in [-0.25, -0.2) is 0 Å². The fourth-order valence-corrected chi connectivity index (χ4v) is 2.54. The van der Waals surface area contributed by atoms with Crippen LogP contribution < -0.4 is 0 Å². The molecule has 2 atom stereocenters. The second-order valence-electron chi connectivity index (χ2n) is 4.52. The highest BCUT2D eigenvalue weighted by Crippen LogP contribution is 2.27. The van der Waals surface area contributed by atoms with Crippen molar-refractivity contribution in [2.75, 3.05) is 6.61 Å². The van der Waals surface area contributed by atoms with Crippen molar-refractivity contribution in [1.29, 1.82) is 0 Å². The summed E-state index contributed by atoms with van der Waals surface area (Å²) in [6, 6.07) is 0.